The fourth-order valence-corrected chi connectivity index (χ4v) is 4.12. The van der Waals surface area contributed by atoms with E-state index in [4.69, 9.17) is 5.21 Å². The zero-order chi connectivity index (χ0) is 21.9. The number of hydrogen-bond donors (Lipinski definition) is 3. The van der Waals surface area contributed by atoms with Crippen molar-refractivity contribution < 1.29 is 10.0 Å². The summed E-state index contributed by atoms with van der Waals surface area (Å²) < 4.78 is 0. The first-order valence-corrected chi connectivity index (χ1v) is 11.1. The topological polar surface area (TPSA) is 67.8 Å². The summed E-state index contributed by atoms with van der Waals surface area (Å²) in [6.45, 7) is 8.91. The monoisotopic (exact) mass is 422 g/mol. The fraction of sp³-hybridized carbons (Fsp3) is 0.400. The standard InChI is InChI=1S/C25H34N4O2/c1-21(26-16-10-4-9-15-24(30)27-31)28-17-19-29(20-18-28)25(22-11-5-2-6-12-22)23-13-7-3-8-14-23/h2-3,5-8,11-14,25-26,31H,1,4,9-10,15-20H2,(H,27,30). The molecule has 0 radical (unpaired) electrons. The number of piperazine rings is 1. The summed E-state index contributed by atoms with van der Waals surface area (Å²) in [6.07, 6.45) is 3.06. The van der Waals surface area contributed by atoms with E-state index in [0.29, 0.717) is 6.42 Å². The summed E-state index contributed by atoms with van der Waals surface area (Å²) in [5, 5.41) is 11.9. The summed E-state index contributed by atoms with van der Waals surface area (Å²) in [5.74, 6) is 0.656. The molecule has 6 nitrogen and oxygen atoms in total. The van der Waals surface area contributed by atoms with Gasteiger partial charge in [-0.3, -0.25) is 14.9 Å². The molecule has 1 heterocycles. The van der Waals surface area contributed by atoms with Gasteiger partial charge in [-0.25, -0.2) is 5.48 Å². The molecule has 0 bridgehead atoms. The number of amides is 1. The van der Waals surface area contributed by atoms with E-state index in [1.165, 1.54) is 11.1 Å². The van der Waals surface area contributed by atoms with Gasteiger partial charge in [0.05, 0.1) is 11.9 Å². The molecule has 0 unspecified atom stereocenters. The number of nitrogens with one attached hydrogen (secondary N) is 2. The third kappa shape index (κ3) is 6.84. The lowest BCUT2D eigenvalue weighted by molar-refractivity contribution is -0.129. The van der Waals surface area contributed by atoms with Crippen LogP contribution in [0.1, 0.15) is 42.9 Å². The van der Waals surface area contributed by atoms with Crippen LogP contribution in [0.25, 0.3) is 0 Å². The van der Waals surface area contributed by atoms with E-state index >= 15 is 0 Å². The maximum absolute atomic E-state index is 11.0. The van der Waals surface area contributed by atoms with Crippen LogP contribution >= 0.6 is 0 Å². The highest BCUT2D eigenvalue weighted by Gasteiger charge is 2.26. The van der Waals surface area contributed by atoms with Crippen molar-refractivity contribution in [2.45, 2.75) is 31.7 Å². The summed E-state index contributed by atoms with van der Waals surface area (Å²) in [5.41, 5.74) is 4.33. The number of carbonyl (C=O) groups excluding carboxylic acids is 1. The highest BCUT2D eigenvalue weighted by atomic mass is 16.5. The van der Waals surface area contributed by atoms with Crippen LogP contribution in [-0.2, 0) is 4.79 Å². The number of carbonyl (C=O) groups is 1. The van der Waals surface area contributed by atoms with Crippen molar-refractivity contribution in [3.63, 3.8) is 0 Å². The van der Waals surface area contributed by atoms with Gasteiger partial charge in [-0.15, -0.1) is 0 Å². The Hall–Kier alpha value is -2.83. The number of nitrogens with zero attached hydrogens (tertiary/aromatic N) is 2. The number of unbranched alkanes of at least 4 members (excludes halogenated alkanes) is 2. The Labute approximate surface area is 185 Å². The van der Waals surface area contributed by atoms with E-state index < -0.39 is 0 Å². The van der Waals surface area contributed by atoms with Gasteiger partial charge in [0.2, 0.25) is 5.91 Å². The second-order valence-corrected chi connectivity index (χ2v) is 7.97. The van der Waals surface area contributed by atoms with Crippen LogP contribution in [0.2, 0.25) is 0 Å². The Morgan fingerprint density at radius 2 is 1.48 bits per heavy atom. The van der Waals surface area contributed by atoms with Gasteiger partial charge in [0.15, 0.2) is 0 Å². The maximum atomic E-state index is 11.0. The van der Waals surface area contributed by atoms with Gasteiger partial charge in [0, 0.05) is 39.1 Å². The third-order valence-electron chi connectivity index (χ3n) is 5.83. The molecule has 1 saturated heterocycles. The lowest BCUT2D eigenvalue weighted by Crippen LogP contribution is -2.49. The average molecular weight is 423 g/mol. The van der Waals surface area contributed by atoms with E-state index in [9.17, 15) is 4.79 Å². The molecule has 0 spiro atoms. The fourth-order valence-electron chi connectivity index (χ4n) is 4.12. The normalized spacial score (nSPS) is 14.5. The smallest absolute Gasteiger partial charge is 0.243 e. The van der Waals surface area contributed by atoms with Crippen LogP contribution in [0.15, 0.2) is 73.1 Å². The van der Waals surface area contributed by atoms with Crippen molar-refractivity contribution in [3.8, 4) is 0 Å². The van der Waals surface area contributed by atoms with E-state index in [1.807, 2.05) is 0 Å². The van der Waals surface area contributed by atoms with Crippen LogP contribution in [0, 0.1) is 0 Å². The number of hydrogen-bond acceptors (Lipinski definition) is 5. The minimum Gasteiger partial charge on any atom is -0.372 e. The largest absolute Gasteiger partial charge is 0.372 e. The van der Waals surface area contributed by atoms with Crippen LogP contribution < -0.4 is 10.8 Å². The van der Waals surface area contributed by atoms with E-state index in [1.54, 1.807) is 5.48 Å². The Kier molecular flexibility index (Phi) is 8.94. The molecule has 0 aromatic heterocycles. The number of benzene rings is 2. The molecule has 166 valence electrons. The van der Waals surface area contributed by atoms with E-state index in [2.05, 4.69) is 82.4 Å². The summed E-state index contributed by atoms with van der Waals surface area (Å²) in [4.78, 5) is 15.9. The zero-order valence-electron chi connectivity index (χ0n) is 18.2. The van der Waals surface area contributed by atoms with Gasteiger partial charge in [0.25, 0.3) is 0 Å². The van der Waals surface area contributed by atoms with Crippen LogP contribution in [0.4, 0.5) is 0 Å². The molecular weight excluding hydrogens is 388 g/mol. The molecule has 6 heteroatoms. The van der Waals surface area contributed by atoms with E-state index in [0.717, 1.165) is 57.8 Å². The summed E-state index contributed by atoms with van der Waals surface area (Å²) >= 11 is 0. The quantitative estimate of drug-likeness (QED) is 0.294. The first-order chi connectivity index (χ1) is 15.2. The Balaban J connectivity index is 1.47. The van der Waals surface area contributed by atoms with Gasteiger partial charge in [-0.05, 0) is 24.0 Å². The SMILES string of the molecule is C=C(NCCCCCC(=O)NO)N1CCN(C(c2ccccc2)c2ccccc2)CC1. The average Bonchev–Trinajstić information content (AvgIpc) is 2.83. The van der Waals surface area contributed by atoms with Gasteiger partial charge >= 0.3 is 0 Å². The number of rotatable bonds is 11. The van der Waals surface area contributed by atoms with Crippen molar-refractivity contribution in [2.75, 3.05) is 32.7 Å². The van der Waals surface area contributed by atoms with Crippen molar-refractivity contribution in [3.05, 3.63) is 84.2 Å². The molecule has 0 aliphatic carbocycles. The lowest BCUT2D eigenvalue weighted by atomic mass is 9.96. The molecule has 0 atom stereocenters. The Morgan fingerprint density at radius 1 is 0.903 bits per heavy atom. The summed E-state index contributed by atoms with van der Waals surface area (Å²) in [7, 11) is 0. The molecule has 3 rings (SSSR count). The van der Waals surface area contributed by atoms with Crippen molar-refractivity contribution >= 4 is 5.91 Å². The molecule has 1 aliphatic heterocycles. The second-order valence-electron chi connectivity index (χ2n) is 7.97. The molecule has 3 N–H and O–H groups in total. The number of hydroxylamine groups is 1. The molecule has 1 fully saturated rings. The van der Waals surface area contributed by atoms with Crippen LogP contribution in [-0.4, -0.2) is 53.6 Å². The van der Waals surface area contributed by atoms with Crippen LogP contribution in [0.3, 0.4) is 0 Å². The van der Waals surface area contributed by atoms with Crippen molar-refractivity contribution in [1.82, 2.24) is 20.6 Å². The minimum absolute atomic E-state index is 0.266. The molecule has 1 aliphatic rings. The Morgan fingerprint density at radius 3 is 2.03 bits per heavy atom. The first kappa shape index (κ1) is 22.8. The second kappa shape index (κ2) is 12.1. The molecule has 2 aromatic rings. The molecule has 0 saturated carbocycles. The van der Waals surface area contributed by atoms with Crippen LogP contribution in [0.5, 0.6) is 0 Å². The van der Waals surface area contributed by atoms with Gasteiger partial charge < -0.3 is 10.2 Å². The predicted octanol–water partition coefficient (Wildman–Crippen LogP) is 3.52. The van der Waals surface area contributed by atoms with Gasteiger partial charge in [-0.1, -0.05) is 73.7 Å². The zero-order valence-corrected chi connectivity index (χ0v) is 18.2. The van der Waals surface area contributed by atoms with E-state index in [-0.39, 0.29) is 11.9 Å². The maximum Gasteiger partial charge on any atom is 0.243 e. The first-order valence-electron chi connectivity index (χ1n) is 11.1. The highest BCUT2D eigenvalue weighted by Crippen LogP contribution is 2.29. The highest BCUT2D eigenvalue weighted by molar-refractivity contribution is 5.74. The molecular formula is C25H34N4O2. The van der Waals surface area contributed by atoms with Crippen molar-refractivity contribution in [2.24, 2.45) is 0 Å². The Bertz CT molecular complexity index is 765. The van der Waals surface area contributed by atoms with Gasteiger partial charge in [0.1, 0.15) is 0 Å². The van der Waals surface area contributed by atoms with Crippen molar-refractivity contribution in [1.29, 1.82) is 0 Å². The molecule has 31 heavy (non-hydrogen) atoms. The molecule has 1 amide bonds. The van der Waals surface area contributed by atoms with Gasteiger partial charge in [-0.2, -0.15) is 0 Å². The predicted molar refractivity (Wildman–Crippen MR) is 123 cm³/mol. The molecule has 2 aromatic carbocycles. The lowest BCUT2D eigenvalue weighted by Gasteiger charge is -2.41. The summed E-state index contributed by atoms with van der Waals surface area (Å²) in [6, 6.07) is 21.7. The third-order valence-corrected chi connectivity index (χ3v) is 5.83. The minimum atomic E-state index is -0.320.